The molecule has 20 heavy (non-hydrogen) atoms. The predicted molar refractivity (Wildman–Crippen MR) is 76.4 cm³/mol. The fraction of sp³-hybridized carbons (Fsp3) is 0.125. The maximum absolute atomic E-state index is 4.40. The zero-order chi connectivity index (χ0) is 13.3. The lowest BCUT2D eigenvalue weighted by Gasteiger charge is -1.94. The van der Waals surface area contributed by atoms with E-state index in [4.69, 9.17) is 0 Å². The molecule has 0 spiro atoms. The summed E-state index contributed by atoms with van der Waals surface area (Å²) >= 11 is 0. The van der Waals surface area contributed by atoms with Crippen molar-refractivity contribution in [2.45, 2.75) is 6.54 Å². The molecule has 1 aliphatic rings. The molecule has 0 atom stereocenters. The molecule has 0 radical (unpaired) electrons. The third-order valence-corrected chi connectivity index (χ3v) is 4.30. The molecule has 0 fully saturated rings. The predicted octanol–water partition coefficient (Wildman–Crippen LogP) is 2.14. The Balaban J connectivity index is 1.99. The van der Waals surface area contributed by atoms with Gasteiger partial charge in [0.25, 0.3) is 5.82 Å². The Kier molecular flexibility index (Phi) is 1.67. The number of hydrogen-bond donors (Lipinski definition) is 0. The molecule has 0 N–H and O–H groups in total. The highest BCUT2D eigenvalue weighted by Gasteiger charge is 2.34. The van der Waals surface area contributed by atoms with Crippen LogP contribution >= 0.6 is 0 Å². The lowest BCUT2D eigenvalue weighted by atomic mass is 10.1. The first-order valence-electron chi connectivity index (χ1n) is 6.77. The SMILES string of the molecule is Cn1c2[n+](c3c1cn1ncccc31)Cc1ccccc1-2. The van der Waals surface area contributed by atoms with E-state index in [0.29, 0.717) is 0 Å². The van der Waals surface area contributed by atoms with Gasteiger partial charge in [-0.1, -0.05) is 18.2 Å². The van der Waals surface area contributed by atoms with Gasteiger partial charge in [0, 0.05) is 11.8 Å². The minimum atomic E-state index is 0.942. The highest BCUT2D eigenvalue weighted by atomic mass is 15.3. The van der Waals surface area contributed by atoms with Crippen molar-refractivity contribution in [3.8, 4) is 11.4 Å². The lowest BCUT2D eigenvalue weighted by Crippen LogP contribution is -2.31. The average molecular weight is 261 g/mol. The molecule has 1 aromatic carbocycles. The van der Waals surface area contributed by atoms with Crippen molar-refractivity contribution >= 4 is 16.6 Å². The Hall–Kier alpha value is -2.62. The van der Waals surface area contributed by atoms with Gasteiger partial charge in [0.05, 0.1) is 18.8 Å². The second-order valence-electron chi connectivity index (χ2n) is 5.34. The van der Waals surface area contributed by atoms with Gasteiger partial charge in [-0.15, -0.1) is 0 Å². The number of hydrogen-bond acceptors (Lipinski definition) is 1. The minimum absolute atomic E-state index is 0.942. The summed E-state index contributed by atoms with van der Waals surface area (Å²) in [6, 6.07) is 12.8. The summed E-state index contributed by atoms with van der Waals surface area (Å²) in [6.07, 6.45) is 3.93. The maximum Gasteiger partial charge on any atom is 0.290 e. The van der Waals surface area contributed by atoms with Crippen LogP contribution < -0.4 is 4.57 Å². The topological polar surface area (TPSA) is 26.1 Å². The van der Waals surface area contributed by atoms with Crippen LogP contribution in [0.5, 0.6) is 0 Å². The summed E-state index contributed by atoms with van der Waals surface area (Å²) in [5, 5.41) is 4.40. The molecule has 0 saturated carbocycles. The highest BCUT2D eigenvalue weighted by molar-refractivity contribution is 5.91. The Labute approximate surface area is 115 Å². The molecule has 4 heterocycles. The molecule has 96 valence electrons. The molecular weight excluding hydrogens is 248 g/mol. The van der Waals surface area contributed by atoms with E-state index in [0.717, 1.165) is 12.1 Å². The highest BCUT2D eigenvalue weighted by Crippen LogP contribution is 2.32. The third-order valence-electron chi connectivity index (χ3n) is 4.30. The van der Waals surface area contributed by atoms with Gasteiger partial charge >= 0.3 is 0 Å². The van der Waals surface area contributed by atoms with Crippen molar-refractivity contribution in [2.75, 3.05) is 0 Å². The van der Waals surface area contributed by atoms with E-state index in [-0.39, 0.29) is 0 Å². The van der Waals surface area contributed by atoms with Crippen LogP contribution in [0.15, 0.2) is 48.8 Å². The summed E-state index contributed by atoms with van der Waals surface area (Å²) in [6.45, 7) is 0.942. The number of rotatable bonds is 0. The van der Waals surface area contributed by atoms with E-state index in [1.807, 2.05) is 16.8 Å². The van der Waals surface area contributed by atoms with Gasteiger partial charge in [-0.05, 0) is 18.2 Å². The number of benzene rings is 1. The zero-order valence-corrected chi connectivity index (χ0v) is 11.1. The molecule has 0 unspecified atom stereocenters. The van der Waals surface area contributed by atoms with Crippen molar-refractivity contribution in [1.82, 2.24) is 14.2 Å². The Morgan fingerprint density at radius 1 is 1.10 bits per heavy atom. The standard InChI is InChI=1S/C16H13N4/c1-18-14-10-20-13(7-4-8-17-20)15(14)19-9-11-5-2-3-6-12(11)16(18)19/h2-8,10H,9H2,1H3/q+1. The van der Waals surface area contributed by atoms with Crippen LogP contribution in [0, 0.1) is 0 Å². The van der Waals surface area contributed by atoms with Crippen LogP contribution in [0.25, 0.3) is 27.9 Å². The molecule has 4 aromatic rings. The van der Waals surface area contributed by atoms with E-state index >= 15 is 0 Å². The van der Waals surface area contributed by atoms with Crippen LogP contribution in [0.1, 0.15) is 5.56 Å². The molecule has 4 heteroatoms. The number of aryl methyl sites for hydroxylation is 1. The Morgan fingerprint density at radius 3 is 2.95 bits per heavy atom. The summed E-state index contributed by atoms with van der Waals surface area (Å²) < 4.78 is 6.63. The van der Waals surface area contributed by atoms with Crippen molar-refractivity contribution in [1.29, 1.82) is 0 Å². The Bertz CT molecular complexity index is 990. The smallest absolute Gasteiger partial charge is 0.232 e. The van der Waals surface area contributed by atoms with E-state index in [2.05, 4.69) is 57.8 Å². The largest absolute Gasteiger partial charge is 0.290 e. The van der Waals surface area contributed by atoms with E-state index in [1.165, 1.54) is 28.0 Å². The molecule has 1 aliphatic heterocycles. The first-order valence-corrected chi connectivity index (χ1v) is 6.77. The molecular formula is C16H13N4+. The van der Waals surface area contributed by atoms with Crippen LogP contribution in [0.4, 0.5) is 0 Å². The minimum Gasteiger partial charge on any atom is -0.232 e. The van der Waals surface area contributed by atoms with Gasteiger partial charge < -0.3 is 0 Å². The molecule has 0 aliphatic carbocycles. The van der Waals surface area contributed by atoms with Crippen LogP contribution in [-0.2, 0) is 13.6 Å². The summed E-state index contributed by atoms with van der Waals surface area (Å²) in [4.78, 5) is 0. The Morgan fingerprint density at radius 2 is 2.00 bits per heavy atom. The summed E-state index contributed by atoms with van der Waals surface area (Å²) in [5.41, 5.74) is 6.40. The molecule has 0 amide bonds. The third kappa shape index (κ3) is 1.04. The van der Waals surface area contributed by atoms with E-state index in [9.17, 15) is 0 Å². The normalized spacial score (nSPS) is 13.1. The second kappa shape index (κ2) is 3.28. The zero-order valence-electron chi connectivity index (χ0n) is 11.1. The summed E-state index contributed by atoms with van der Waals surface area (Å²) in [5.74, 6) is 1.29. The van der Waals surface area contributed by atoms with E-state index in [1.54, 1.807) is 0 Å². The van der Waals surface area contributed by atoms with Crippen LogP contribution in [0.2, 0.25) is 0 Å². The number of imidazole rings is 1. The first-order chi connectivity index (χ1) is 9.84. The maximum atomic E-state index is 4.40. The lowest BCUT2D eigenvalue weighted by molar-refractivity contribution is -0.645. The van der Waals surface area contributed by atoms with Crippen LogP contribution in [0.3, 0.4) is 0 Å². The molecule has 4 nitrogen and oxygen atoms in total. The first kappa shape index (κ1) is 10.2. The fourth-order valence-corrected chi connectivity index (χ4v) is 3.43. The van der Waals surface area contributed by atoms with Crippen LogP contribution in [-0.4, -0.2) is 14.2 Å². The van der Waals surface area contributed by atoms with Gasteiger partial charge in [0.2, 0.25) is 5.52 Å². The van der Waals surface area contributed by atoms with Gasteiger partial charge in [0.1, 0.15) is 12.1 Å². The molecule has 3 aromatic heterocycles. The van der Waals surface area contributed by atoms with Crippen molar-refractivity contribution in [3.05, 3.63) is 54.4 Å². The van der Waals surface area contributed by atoms with Gasteiger partial charge in [-0.2, -0.15) is 5.10 Å². The number of aromatic nitrogens is 4. The van der Waals surface area contributed by atoms with Gasteiger partial charge in [0.15, 0.2) is 5.52 Å². The molecule has 0 saturated heterocycles. The van der Waals surface area contributed by atoms with Crippen molar-refractivity contribution < 1.29 is 4.57 Å². The van der Waals surface area contributed by atoms with Gasteiger partial charge in [-0.25, -0.2) is 13.6 Å². The van der Waals surface area contributed by atoms with Crippen molar-refractivity contribution in [3.63, 3.8) is 0 Å². The molecule has 5 rings (SSSR count). The van der Waals surface area contributed by atoms with Crippen molar-refractivity contribution in [2.24, 2.45) is 7.05 Å². The average Bonchev–Trinajstić information content (AvgIpc) is 3.10. The summed E-state index contributed by atoms with van der Waals surface area (Å²) in [7, 11) is 2.13. The number of fused-ring (bicyclic) bond motifs is 7. The quantitative estimate of drug-likeness (QED) is 0.392. The number of nitrogens with zero attached hydrogens (tertiary/aromatic N) is 4. The van der Waals surface area contributed by atoms with E-state index < -0.39 is 0 Å². The van der Waals surface area contributed by atoms with Gasteiger partial charge in [-0.3, -0.25) is 0 Å². The fourth-order valence-electron chi connectivity index (χ4n) is 3.43. The monoisotopic (exact) mass is 261 g/mol. The second-order valence-corrected chi connectivity index (χ2v) is 5.34. The molecule has 0 bridgehead atoms.